The predicted octanol–water partition coefficient (Wildman–Crippen LogP) is 1.82. The molecule has 0 spiro atoms. The predicted molar refractivity (Wildman–Crippen MR) is 67.8 cm³/mol. The number of rotatable bonds is 4. The van der Waals surface area contributed by atoms with Crippen LogP contribution in [0, 0.1) is 18.3 Å². The summed E-state index contributed by atoms with van der Waals surface area (Å²) in [5.41, 5.74) is 1.56. The standard InChI is InChI=1S/C13H18N4/c1-10-4-5-11(9-14)13(17-10)16-8-6-12-3-2-7-15-12/h4-5,12,15H,2-3,6-8H2,1H3,(H,16,17)/t12-/m1/s1. The van der Waals surface area contributed by atoms with E-state index < -0.39 is 0 Å². The first-order chi connectivity index (χ1) is 8.29. The van der Waals surface area contributed by atoms with Gasteiger partial charge in [0.05, 0.1) is 5.56 Å². The SMILES string of the molecule is Cc1ccc(C#N)c(NCC[C@H]2CCCN2)n1. The fourth-order valence-electron chi connectivity index (χ4n) is 2.15. The van der Waals surface area contributed by atoms with Crippen LogP contribution in [0.4, 0.5) is 5.82 Å². The Kier molecular flexibility index (Phi) is 3.94. The summed E-state index contributed by atoms with van der Waals surface area (Å²) in [5.74, 6) is 0.713. The van der Waals surface area contributed by atoms with Gasteiger partial charge in [-0.25, -0.2) is 4.98 Å². The third-order valence-corrected chi connectivity index (χ3v) is 3.10. The van der Waals surface area contributed by atoms with Gasteiger partial charge < -0.3 is 10.6 Å². The molecule has 1 atom stereocenters. The maximum Gasteiger partial charge on any atom is 0.144 e. The van der Waals surface area contributed by atoms with Gasteiger partial charge in [0.2, 0.25) is 0 Å². The van der Waals surface area contributed by atoms with E-state index in [1.807, 2.05) is 19.1 Å². The number of pyridine rings is 1. The van der Waals surface area contributed by atoms with E-state index in [1.165, 1.54) is 12.8 Å². The van der Waals surface area contributed by atoms with Crippen LogP contribution in [0.2, 0.25) is 0 Å². The highest BCUT2D eigenvalue weighted by atomic mass is 15.0. The lowest BCUT2D eigenvalue weighted by Gasteiger charge is -2.12. The first kappa shape index (κ1) is 11.9. The molecule has 1 saturated heterocycles. The molecule has 17 heavy (non-hydrogen) atoms. The van der Waals surface area contributed by atoms with Gasteiger partial charge in [0, 0.05) is 18.3 Å². The van der Waals surface area contributed by atoms with Crippen LogP contribution in [0.25, 0.3) is 0 Å². The molecule has 1 aromatic heterocycles. The van der Waals surface area contributed by atoms with Crippen molar-refractivity contribution in [1.29, 1.82) is 5.26 Å². The van der Waals surface area contributed by atoms with Gasteiger partial charge in [-0.1, -0.05) is 0 Å². The monoisotopic (exact) mass is 230 g/mol. The third kappa shape index (κ3) is 3.18. The zero-order valence-corrected chi connectivity index (χ0v) is 10.2. The maximum atomic E-state index is 8.98. The molecule has 90 valence electrons. The second-order valence-corrected chi connectivity index (χ2v) is 4.47. The van der Waals surface area contributed by atoms with Crippen LogP contribution in [0.1, 0.15) is 30.5 Å². The van der Waals surface area contributed by atoms with E-state index >= 15 is 0 Å². The number of aromatic nitrogens is 1. The summed E-state index contributed by atoms with van der Waals surface area (Å²) in [6.07, 6.45) is 3.62. The molecule has 2 N–H and O–H groups in total. The van der Waals surface area contributed by atoms with E-state index in [0.717, 1.165) is 25.2 Å². The van der Waals surface area contributed by atoms with E-state index in [2.05, 4.69) is 21.7 Å². The zero-order chi connectivity index (χ0) is 12.1. The highest BCUT2D eigenvalue weighted by Crippen LogP contribution is 2.13. The molecule has 2 heterocycles. The average molecular weight is 230 g/mol. The van der Waals surface area contributed by atoms with Crippen LogP contribution in [0.3, 0.4) is 0 Å². The molecule has 4 heteroatoms. The van der Waals surface area contributed by atoms with Crippen molar-refractivity contribution in [2.24, 2.45) is 0 Å². The van der Waals surface area contributed by atoms with Crippen molar-refractivity contribution in [3.8, 4) is 6.07 Å². The van der Waals surface area contributed by atoms with Gasteiger partial charge >= 0.3 is 0 Å². The Morgan fingerprint density at radius 3 is 3.18 bits per heavy atom. The van der Waals surface area contributed by atoms with Crippen LogP contribution >= 0.6 is 0 Å². The van der Waals surface area contributed by atoms with Crippen molar-refractivity contribution in [2.75, 3.05) is 18.4 Å². The van der Waals surface area contributed by atoms with E-state index in [0.29, 0.717) is 17.4 Å². The van der Waals surface area contributed by atoms with Crippen molar-refractivity contribution in [3.63, 3.8) is 0 Å². The van der Waals surface area contributed by atoms with E-state index in [4.69, 9.17) is 5.26 Å². The first-order valence-corrected chi connectivity index (χ1v) is 6.14. The normalized spacial score (nSPS) is 18.9. The van der Waals surface area contributed by atoms with Gasteiger partial charge in [-0.05, 0) is 44.9 Å². The summed E-state index contributed by atoms with van der Waals surface area (Å²) in [4.78, 5) is 4.35. The van der Waals surface area contributed by atoms with E-state index in [1.54, 1.807) is 0 Å². The summed E-state index contributed by atoms with van der Waals surface area (Å²) < 4.78 is 0. The Morgan fingerprint density at radius 1 is 1.59 bits per heavy atom. The summed E-state index contributed by atoms with van der Waals surface area (Å²) in [5, 5.41) is 15.7. The molecular weight excluding hydrogens is 212 g/mol. The molecule has 2 rings (SSSR count). The van der Waals surface area contributed by atoms with Gasteiger partial charge in [-0.15, -0.1) is 0 Å². The molecule has 0 bridgehead atoms. The quantitative estimate of drug-likeness (QED) is 0.828. The highest BCUT2D eigenvalue weighted by molar-refractivity contribution is 5.52. The minimum atomic E-state index is 0.620. The Hall–Kier alpha value is -1.60. The van der Waals surface area contributed by atoms with Gasteiger partial charge in [0.1, 0.15) is 11.9 Å². The Labute approximate surface area is 102 Å². The molecule has 1 aliphatic heterocycles. The van der Waals surface area contributed by atoms with Gasteiger partial charge in [0.25, 0.3) is 0 Å². The summed E-state index contributed by atoms with van der Waals surface area (Å²) in [6, 6.07) is 6.46. The molecule has 0 unspecified atom stereocenters. The lowest BCUT2D eigenvalue weighted by atomic mass is 10.1. The first-order valence-electron chi connectivity index (χ1n) is 6.14. The lowest BCUT2D eigenvalue weighted by Crippen LogP contribution is -2.24. The van der Waals surface area contributed by atoms with Crippen LogP contribution in [-0.2, 0) is 0 Å². The van der Waals surface area contributed by atoms with Crippen molar-refractivity contribution in [1.82, 2.24) is 10.3 Å². The second kappa shape index (κ2) is 5.65. The van der Waals surface area contributed by atoms with Gasteiger partial charge in [-0.3, -0.25) is 0 Å². The molecule has 0 aromatic carbocycles. The molecule has 0 saturated carbocycles. The minimum absolute atomic E-state index is 0.620. The second-order valence-electron chi connectivity index (χ2n) is 4.47. The summed E-state index contributed by atoms with van der Waals surface area (Å²) in [7, 11) is 0. The molecule has 1 aliphatic rings. The van der Waals surface area contributed by atoms with Crippen molar-refractivity contribution in [3.05, 3.63) is 23.4 Å². The number of anilines is 1. The minimum Gasteiger partial charge on any atom is -0.369 e. The average Bonchev–Trinajstić information content (AvgIpc) is 2.82. The number of hydrogen-bond donors (Lipinski definition) is 2. The Bertz CT molecular complexity index is 416. The van der Waals surface area contributed by atoms with Crippen LogP contribution in [-0.4, -0.2) is 24.1 Å². The van der Waals surface area contributed by atoms with Crippen molar-refractivity contribution < 1.29 is 0 Å². The number of aryl methyl sites for hydroxylation is 1. The molecular formula is C13H18N4. The van der Waals surface area contributed by atoms with Crippen LogP contribution < -0.4 is 10.6 Å². The molecule has 1 aromatic rings. The van der Waals surface area contributed by atoms with Gasteiger partial charge in [-0.2, -0.15) is 5.26 Å². The summed E-state index contributed by atoms with van der Waals surface area (Å²) in [6.45, 7) is 3.93. The molecule has 4 nitrogen and oxygen atoms in total. The number of nitriles is 1. The number of nitrogens with zero attached hydrogens (tertiary/aromatic N) is 2. The van der Waals surface area contributed by atoms with Crippen LogP contribution in [0.15, 0.2) is 12.1 Å². The molecule has 0 aliphatic carbocycles. The van der Waals surface area contributed by atoms with E-state index in [9.17, 15) is 0 Å². The van der Waals surface area contributed by atoms with Crippen LogP contribution in [0.5, 0.6) is 0 Å². The molecule has 0 amide bonds. The molecule has 0 radical (unpaired) electrons. The van der Waals surface area contributed by atoms with Gasteiger partial charge in [0.15, 0.2) is 0 Å². The van der Waals surface area contributed by atoms with E-state index in [-0.39, 0.29) is 0 Å². The maximum absolute atomic E-state index is 8.98. The third-order valence-electron chi connectivity index (χ3n) is 3.10. The topological polar surface area (TPSA) is 60.7 Å². The smallest absolute Gasteiger partial charge is 0.144 e. The number of hydrogen-bond acceptors (Lipinski definition) is 4. The van der Waals surface area contributed by atoms with Crippen molar-refractivity contribution >= 4 is 5.82 Å². The zero-order valence-electron chi connectivity index (χ0n) is 10.2. The largest absolute Gasteiger partial charge is 0.369 e. The Morgan fingerprint density at radius 2 is 2.47 bits per heavy atom. The molecule has 1 fully saturated rings. The summed E-state index contributed by atoms with van der Waals surface area (Å²) >= 11 is 0. The lowest BCUT2D eigenvalue weighted by molar-refractivity contribution is 0.574. The van der Waals surface area contributed by atoms with Crippen molar-refractivity contribution in [2.45, 2.75) is 32.2 Å². The fourth-order valence-corrected chi connectivity index (χ4v) is 2.15. The number of nitrogens with one attached hydrogen (secondary N) is 2. The fraction of sp³-hybridized carbons (Fsp3) is 0.538. The highest BCUT2D eigenvalue weighted by Gasteiger charge is 2.13. The Balaban J connectivity index is 1.89.